The van der Waals surface area contributed by atoms with E-state index in [1.165, 1.54) is 28.2 Å². The highest BCUT2D eigenvalue weighted by atomic mass is 19.1. The predicted molar refractivity (Wildman–Crippen MR) is 105 cm³/mol. The van der Waals surface area contributed by atoms with Crippen LogP contribution in [-0.4, -0.2) is 44.7 Å². The molecule has 6 heteroatoms. The summed E-state index contributed by atoms with van der Waals surface area (Å²) in [7, 11) is 0. The van der Waals surface area contributed by atoms with Crippen LogP contribution in [0.1, 0.15) is 18.1 Å². The van der Waals surface area contributed by atoms with Crippen molar-refractivity contribution in [2.24, 2.45) is 0 Å². The summed E-state index contributed by atoms with van der Waals surface area (Å²) >= 11 is 0. The van der Waals surface area contributed by atoms with E-state index in [0.29, 0.717) is 5.69 Å². The second-order valence-corrected chi connectivity index (χ2v) is 7.84. The van der Waals surface area contributed by atoms with Crippen LogP contribution in [0.3, 0.4) is 0 Å². The van der Waals surface area contributed by atoms with E-state index in [1.807, 2.05) is 6.92 Å². The van der Waals surface area contributed by atoms with Gasteiger partial charge in [0.15, 0.2) is 6.04 Å². The van der Waals surface area contributed by atoms with Crippen molar-refractivity contribution in [1.29, 1.82) is 0 Å². The Morgan fingerprint density at radius 3 is 2.64 bits per heavy atom. The summed E-state index contributed by atoms with van der Waals surface area (Å²) in [5, 5.41) is 2.90. The molecule has 0 aromatic heterocycles. The Bertz CT molecular complexity index is 832. The number of anilines is 1. The number of fused-ring (bicyclic) bond motifs is 1. The lowest BCUT2D eigenvalue weighted by atomic mass is 10.1. The van der Waals surface area contributed by atoms with Crippen LogP contribution in [-0.2, 0) is 17.8 Å². The summed E-state index contributed by atoms with van der Waals surface area (Å²) in [5.41, 5.74) is 3.33. The molecule has 0 unspecified atom stereocenters. The van der Waals surface area contributed by atoms with E-state index in [4.69, 9.17) is 4.74 Å². The molecule has 0 radical (unpaired) electrons. The van der Waals surface area contributed by atoms with Gasteiger partial charge in [0.2, 0.25) is 0 Å². The Hall–Kier alpha value is -2.44. The standard InChI is InChI=1S/C22H26FN3O2/c1-16(22(27)24-20-5-3-19(23)4-6-20)26-11-9-25(10-12-26)15-17-2-7-21-18(14-17)8-13-28-21/h2-7,14,16H,8-13,15H2,1H3,(H,24,27)/p+2/t16-/m1/s1. The fourth-order valence-corrected chi connectivity index (χ4v) is 4.14. The molecule has 1 saturated heterocycles. The van der Waals surface area contributed by atoms with E-state index >= 15 is 0 Å². The van der Waals surface area contributed by atoms with E-state index in [-0.39, 0.29) is 17.8 Å². The molecule has 2 aromatic rings. The SMILES string of the molecule is C[C@H](C(=O)Nc1ccc(F)cc1)[NH+]1CC[NH+](Cc2ccc3c(c2)CCO3)CC1. The van der Waals surface area contributed by atoms with E-state index in [1.54, 1.807) is 17.0 Å². The molecule has 2 aliphatic rings. The van der Waals surface area contributed by atoms with Gasteiger partial charge in [-0.3, -0.25) is 4.79 Å². The Kier molecular flexibility index (Phi) is 5.59. The van der Waals surface area contributed by atoms with Crippen molar-refractivity contribution in [2.75, 3.05) is 38.1 Å². The third-order valence-corrected chi connectivity index (χ3v) is 5.92. The zero-order valence-corrected chi connectivity index (χ0v) is 16.3. The summed E-state index contributed by atoms with van der Waals surface area (Å²) in [4.78, 5) is 15.4. The van der Waals surface area contributed by atoms with Crippen LogP contribution in [0, 0.1) is 5.82 Å². The molecule has 0 aliphatic carbocycles. The fourth-order valence-electron chi connectivity index (χ4n) is 4.14. The van der Waals surface area contributed by atoms with Gasteiger partial charge in [-0.1, -0.05) is 0 Å². The number of benzene rings is 2. The van der Waals surface area contributed by atoms with Crippen LogP contribution < -0.4 is 19.9 Å². The molecule has 0 spiro atoms. The van der Waals surface area contributed by atoms with Crippen LogP contribution in [0.15, 0.2) is 42.5 Å². The first-order chi connectivity index (χ1) is 13.6. The molecule has 1 fully saturated rings. The Labute approximate surface area is 165 Å². The number of rotatable bonds is 5. The molecule has 1 atom stereocenters. The van der Waals surface area contributed by atoms with Crippen molar-refractivity contribution in [3.8, 4) is 5.75 Å². The first kappa shape index (κ1) is 18.9. The molecule has 0 bridgehead atoms. The molecule has 2 aliphatic heterocycles. The number of amides is 1. The van der Waals surface area contributed by atoms with Gasteiger partial charge in [0, 0.05) is 17.7 Å². The van der Waals surface area contributed by atoms with Gasteiger partial charge in [0.05, 0.1) is 6.61 Å². The van der Waals surface area contributed by atoms with Crippen molar-refractivity contribution < 1.29 is 23.7 Å². The van der Waals surface area contributed by atoms with Gasteiger partial charge in [-0.2, -0.15) is 0 Å². The summed E-state index contributed by atoms with van der Waals surface area (Å²) in [6.45, 7) is 7.85. The minimum atomic E-state index is -0.299. The number of piperazine rings is 1. The zero-order valence-electron chi connectivity index (χ0n) is 16.3. The predicted octanol–water partition coefficient (Wildman–Crippen LogP) is 0.0712. The molecular weight excluding hydrogens is 357 g/mol. The van der Waals surface area contributed by atoms with Gasteiger partial charge in [-0.15, -0.1) is 0 Å². The number of carbonyl (C=O) groups is 1. The lowest BCUT2D eigenvalue weighted by molar-refractivity contribution is -1.02. The molecule has 2 aromatic carbocycles. The number of carbonyl (C=O) groups excluding carboxylic acids is 1. The molecule has 0 saturated carbocycles. The second-order valence-electron chi connectivity index (χ2n) is 7.84. The van der Waals surface area contributed by atoms with Gasteiger partial charge < -0.3 is 19.9 Å². The van der Waals surface area contributed by atoms with Crippen molar-refractivity contribution in [2.45, 2.75) is 25.9 Å². The average molecular weight is 385 g/mol. The normalized spacial score (nSPS) is 22.2. The summed E-state index contributed by atoms with van der Waals surface area (Å²) in [6, 6.07) is 12.4. The Morgan fingerprint density at radius 2 is 1.89 bits per heavy atom. The van der Waals surface area contributed by atoms with Crippen LogP contribution >= 0.6 is 0 Å². The van der Waals surface area contributed by atoms with E-state index < -0.39 is 0 Å². The van der Waals surface area contributed by atoms with Crippen LogP contribution in [0.25, 0.3) is 0 Å². The second kappa shape index (κ2) is 8.29. The van der Waals surface area contributed by atoms with Crippen LogP contribution in [0.4, 0.5) is 10.1 Å². The molecule has 148 valence electrons. The Balaban J connectivity index is 1.27. The maximum atomic E-state index is 13.0. The number of quaternary nitrogens is 2. The monoisotopic (exact) mass is 385 g/mol. The maximum absolute atomic E-state index is 13.0. The van der Waals surface area contributed by atoms with Crippen molar-refractivity contribution in [3.63, 3.8) is 0 Å². The van der Waals surface area contributed by atoms with Gasteiger partial charge in [0.1, 0.15) is 44.3 Å². The molecule has 2 heterocycles. The van der Waals surface area contributed by atoms with E-state index in [9.17, 15) is 9.18 Å². The van der Waals surface area contributed by atoms with Crippen LogP contribution in [0.5, 0.6) is 5.75 Å². The Morgan fingerprint density at radius 1 is 1.14 bits per heavy atom. The van der Waals surface area contributed by atoms with Gasteiger partial charge in [0.25, 0.3) is 5.91 Å². The van der Waals surface area contributed by atoms with Gasteiger partial charge in [-0.25, -0.2) is 4.39 Å². The minimum Gasteiger partial charge on any atom is -0.493 e. The number of hydrogen-bond acceptors (Lipinski definition) is 2. The van der Waals surface area contributed by atoms with Gasteiger partial charge in [-0.05, 0) is 55.0 Å². The summed E-state index contributed by atoms with van der Waals surface area (Å²) in [6.07, 6.45) is 1.01. The molecule has 5 nitrogen and oxygen atoms in total. The zero-order chi connectivity index (χ0) is 19.5. The van der Waals surface area contributed by atoms with Crippen molar-refractivity contribution in [1.82, 2.24) is 0 Å². The topological polar surface area (TPSA) is 47.2 Å². The number of nitrogens with one attached hydrogen (secondary N) is 3. The van der Waals surface area contributed by atoms with Crippen molar-refractivity contribution >= 4 is 11.6 Å². The maximum Gasteiger partial charge on any atom is 0.282 e. The highest BCUT2D eigenvalue weighted by Gasteiger charge is 2.31. The lowest BCUT2D eigenvalue weighted by Gasteiger charge is -2.32. The lowest BCUT2D eigenvalue weighted by Crippen LogP contribution is -3.29. The fraction of sp³-hybridized carbons (Fsp3) is 0.409. The molecule has 4 rings (SSSR count). The first-order valence-electron chi connectivity index (χ1n) is 10.1. The minimum absolute atomic E-state index is 0.0105. The number of halogens is 1. The molecule has 1 amide bonds. The van der Waals surface area contributed by atoms with Gasteiger partial charge >= 0.3 is 0 Å². The smallest absolute Gasteiger partial charge is 0.282 e. The summed E-state index contributed by atoms with van der Waals surface area (Å²) in [5.74, 6) is 0.726. The summed E-state index contributed by atoms with van der Waals surface area (Å²) < 4.78 is 18.6. The third-order valence-electron chi connectivity index (χ3n) is 5.92. The number of ether oxygens (including phenoxy) is 1. The molecule has 3 N–H and O–H groups in total. The molecule has 28 heavy (non-hydrogen) atoms. The highest BCUT2D eigenvalue weighted by Crippen LogP contribution is 2.25. The largest absolute Gasteiger partial charge is 0.493 e. The average Bonchev–Trinajstić information content (AvgIpc) is 3.17. The van der Waals surface area contributed by atoms with Crippen LogP contribution in [0.2, 0.25) is 0 Å². The quantitative estimate of drug-likeness (QED) is 0.682. The third kappa shape index (κ3) is 4.34. The number of hydrogen-bond donors (Lipinski definition) is 3. The highest BCUT2D eigenvalue weighted by molar-refractivity contribution is 5.93. The van der Waals surface area contributed by atoms with E-state index in [0.717, 1.165) is 51.5 Å². The molecular formula is C22H28FN3O2+2. The first-order valence-corrected chi connectivity index (χ1v) is 10.1. The van der Waals surface area contributed by atoms with Crippen molar-refractivity contribution in [3.05, 3.63) is 59.4 Å². The van der Waals surface area contributed by atoms with E-state index in [2.05, 4.69) is 23.5 Å².